The Morgan fingerprint density at radius 1 is 1.44 bits per heavy atom. The SMILES string of the molecule is Cc1ccc(C(=O)NC(CN)C2CC2)c(C)c1.Cl. The predicted octanol–water partition coefficient (Wildman–Crippen LogP) is 2.19. The fraction of sp³-hybridized carbons (Fsp3) is 0.500. The molecule has 0 spiro atoms. The third kappa shape index (κ3) is 3.47. The third-order valence-electron chi connectivity index (χ3n) is 3.39. The van der Waals surface area contributed by atoms with Crippen LogP contribution in [0.15, 0.2) is 18.2 Å². The van der Waals surface area contributed by atoms with Gasteiger partial charge >= 0.3 is 0 Å². The summed E-state index contributed by atoms with van der Waals surface area (Å²) in [7, 11) is 0. The predicted molar refractivity (Wildman–Crippen MR) is 76.2 cm³/mol. The van der Waals surface area contributed by atoms with Crippen molar-refractivity contribution >= 4 is 18.3 Å². The average molecular weight is 269 g/mol. The average Bonchev–Trinajstić information content (AvgIpc) is 3.09. The molecule has 1 aliphatic rings. The van der Waals surface area contributed by atoms with Gasteiger partial charge in [-0.25, -0.2) is 0 Å². The highest BCUT2D eigenvalue weighted by molar-refractivity contribution is 5.95. The van der Waals surface area contributed by atoms with Gasteiger partial charge in [0.15, 0.2) is 0 Å². The topological polar surface area (TPSA) is 55.1 Å². The Kier molecular flexibility index (Phi) is 5.17. The zero-order chi connectivity index (χ0) is 12.4. The second-order valence-corrected chi connectivity index (χ2v) is 4.97. The Morgan fingerprint density at radius 3 is 2.61 bits per heavy atom. The van der Waals surface area contributed by atoms with Crippen LogP contribution in [0.4, 0.5) is 0 Å². The Morgan fingerprint density at radius 2 is 2.11 bits per heavy atom. The van der Waals surface area contributed by atoms with E-state index in [1.54, 1.807) is 0 Å². The van der Waals surface area contributed by atoms with Gasteiger partial charge in [0.25, 0.3) is 5.91 Å². The minimum Gasteiger partial charge on any atom is -0.348 e. The molecule has 0 heterocycles. The number of hydrogen-bond acceptors (Lipinski definition) is 2. The fourth-order valence-corrected chi connectivity index (χ4v) is 2.18. The molecular formula is C14H21ClN2O. The largest absolute Gasteiger partial charge is 0.348 e. The maximum Gasteiger partial charge on any atom is 0.251 e. The van der Waals surface area contributed by atoms with Crippen LogP contribution in [0, 0.1) is 19.8 Å². The van der Waals surface area contributed by atoms with Crippen LogP contribution >= 0.6 is 12.4 Å². The standard InChI is InChI=1S/C14H20N2O.ClH/c1-9-3-6-12(10(2)7-9)14(17)16-13(8-15)11-4-5-11;/h3,6-7,11,13H,4-5,8,15H2,1-2H3,(H,16,17);1H. The maximum absolute atomic E-state index is 12.1. The van der Waals surface area contributed by atoms with E-state index < -0.39 is 0 Å². The fourth-order valence-electron chi connectivity index (χ4n) is 2.18. The van der Waals surface area contributed by atoms with E-state index in [0.29, 0.717) is 12.5 Å². The van der Waals surface area contributed by atoms with Crippen molar-refractivity contribution in [2.45, 2.75) is 32.7 Å². The summed E-state index contributed by atoms with van der Waals surface area (Å²) >= 11 is 0. The first-order chi connectivity index (χ1) is 8.11. The molecule has 4 heteroatoms. The van der Waals surface area contributed by atoms with E-state index >= 15 is 0 Å². The highest BCUT2D eigenvalue weighted by Gasteiger charge is 2.31. The van der Waals surface area contributed by atoms with Crippen LogP contribution in [0.25, 0.3) is 0 Å². The number of amides is 1. The van der Waals surface area contributed by atoms with E-state index in [0.717, 1.165) is 11.1 Å². The van der Waals surface area contributed by atoms with Crippen molar-refractivity contribution in [2.75, 3.05) is 6.54 Å². The molecule has 1 aliphatic carbocycles. The highest BCUT2D eigenvalue weighted by Crippen LogP contribution is 2.32. The zero-order valence-electron chi connectivity index (χ0n) is 10.9. The van der Waals surface area contributed by atoms with Crippen LogP contribution in [-0.4, -0.2) is 18.5 Å². The van der Waals surface area contributed by atoms with Gasteiger partial charge in [0.05, 0.1) is 0 Å². The number of nitrogens with two attached hydrogens (primary N) is 1. The molecule has 1 amide bonds. The minimum atomic E-state index is 0. The Balaban J connectivity index is 0.00000162. The van der Waals surface area contributed by atoms with Crippen LogP contribution in [0.2, 0.25) is 0 Å². The van der Waals surface area contributed by atoms with Crippen molar-refractivity contribution in [3.8, 4) is 0 Å². The first-order valence-electron chi connectivity index (χ1n) is 6.20. The molecule has 1 fully saturated rings. The molecule has 18 heavy (non-hydrogen) atoms. The summed E-state index contributed by atoms with van der Waals surface area (Å²) < 4.78 is 0. The summed E-state index contributed by atoms with van der Waals surface area (Å²) in [4.78, 5) is 12.1. The van der Waals surface area contributed by atoms with E-state index in [1.807, 2.05) is 32.0 Å². The number of carbonyl (C=O) groups excluding carboxylic acids is 1. The second-order valence-electron chi connectivity index (χ2n) is 4.97. The number of hydrogen-bond donors (Lipinski definition) is 2. The normalized spacial score (nSPS) is 15.7. The lowest BCUT2D eigenvalue weighted by Gasteiger charge is -2.17. The lowest BCUT2D eigenvalue weighted by molar-refractivity contribution is 0.0933. The van der Waals surface area contributed by atoms with Crippen LogP contribution in [0.5, 0.6) is 0 Å². The second kappa shape index (κ2) is 6.21. The lowest BCUT2D eigenvalue weighted by Crippen LogP contribution is -2.41. The van der Waals surface area contributed by atoms with E-state index in [4.69, 9.17) is 5.73 Å². The van der Waals surface area contributed by atoms with Crippen LogP contribution in [-0.2, 0) is 0 Å². The van der Waals surface area contributed by atoms with Gasteiger partial charge in [0.2, 0.25) is 0 Å². The summed E-state index contributed by atoms with van der Waals surface area (Å²) in [6, 6.07) is 6.03. The Hall–Kier alpha value is -1.06. The molecule has 1 unspecified atom stereocenters. The van der Waals surface area contributed by atoms with Crippen LogP contribution in [0.3, 0.4) is 0 Å². The van der Waals surface area contributed by atoms with Gasteiger partial charge in [-0.2, -0.15) is 0 Å². The van der Waals surface area contributed by atoms with Gasteiger partial charge in [-0.1, -0.05) is 17.7 Å². The van der Waals surface area contributed by atoms with Gasteiger partial charge < -0.3 is 11.1 Å². The monoisotopic (exact) mass is 268 g/mol. The molecule has 3 nitrogen and oxygen atoms in total. The molecule has 0 saturated heterocycles. The summed E-state index contributed by atoms with van der Waals surface area (Å²) in [6.45, 7) is 4.53. The first-order valence-corrected chi connectivity index (χ1v) is 6.20. The molecule has 3 N–H and O–H groups in total. The summed E-state index contributed by atoms with van der Waals surface area (Å²) in [6.07, 6.45) is 2.38. The number of halogens is 1. The van der Waals surface area contributed by atoms with Crippen molar-refractivity contribution in [3.63, 3.8) is 0 Å². The summed E-state index contributed by atoms with van der Waals surface area (Å²) in [5, 5.41) is 3.04. The number of aryl methyl sites for hydroxylation is 2. The highest BCUT2D eigenvalue weighted by atomic mass is 35.5. The smallest absolute Gasteiger partial charge is 0.251 e. The molecule has 1 atom stereocenters. The van der Waals surface area contributed by atoms with E-state index in [2.05, 4.69) is 5.32 Å². The molecule has 1 aromatic rings. The molecule has 1 saturated carbocycles. The van der Waals surface area contributed by atoms with Gasteiger partial charge in [0.1, 0.15) is 0 Å². The van der Waals surface area contributed by atoms with Gasteiger partial charge in [-0.15, -0.1) is 12.4 Å². The molecule has 0 aromatic heterocycles. The van der Waals surface area contributed by atoms with Crippen molar-refractivity contribution in [1.29, 1.82) is 0 Å². The molecule has 0 aliphatic heterocycles. The number of nitrogens with one attached hydrogen (secondary N) is 1. The van der Waals surface area contributed by atoms with Gasteiger partial charge in [0, 0.05) is 18.2 Å². The van der Waals surface area contributed by atoms with E-state index in [1.165, 1.54) is 18.4 Å². The third-order valence-corrected chi connectivity index (χ3v) is 3.39. The Labute approximate surface area is 115 Å². The van der Waals surface area contributed by atoms with E-state index in [-0.39, 0.29) is 24.4 Å². The lowest BCUT2D eigenvalue weighted by atomic mass is 10.0. The first kappa shape index (κ1) is 15.0. The number of benzene rings is 1. The zero-order valence-corrected chi connectivity index (χ0v) is 11.7. The van der Waals surface area contributed by atoms with Gasteiger partial charge in [-0.3, -0.25) is 4.79 Å². The van der Waals surface area contributed by atoms with Crippen LogP contribution < -0.4 is 11.1 Å². The molecule has 1 aromatic carbocycles. The molecule has 0 radical (unpaired) electrons. The molecule has 100 valence electrons. The maximum atomic E-state index is 12.1. The quantitative estimate of drug-likeness (QED) is 0.880. The van der Waals surface area contributed by atoms with Crippen molar-refractivity contribution in [2.24, 2.45) is 11.7 Å². The van der Waals surface area contributed by atoms with E-state index in [9.17, 15) is 4.79 Å². The van der Waals surface area contributed by atoms with Gasteiger partial charge in [-0.05, 0) is 44.2 Å². The minimum absolute atomic E-state index is 0. The molecule has 2 rings (SSSR count). The number of carbonyl (C=O) groups is 1. The summed E-state index contributed by atoms with van der Waals surface area (Å²) in [5.74, 6) is 0.597. The molecular weight excluding hydrogens is 248 g/mol. The van der Waals surface area contributed by atoms with Crippen LogP contribution in [0.1, 0.15) is 34.3 Å². The van der Waals surface area contributed by atoms with Crippen molar-refractivity contribution in [1.82, 2.24) is 5.32 Å². The molecule has 0 bridgehead atoms. The Bertz CT molecular complexity index is 430. The number of rotatable bonds is 4. The van der Waals surface area contributed by atoms with Crippen molar-refractivity contribution < 1.29 is 4.79 Å². The van der Waals surface area contributed by atoms with Crippen molar-refractivity contribution in [3.05, 3.63) is 34.9 Å². The summed E-state index contributed by atoms with van der Waals surface area (Å²) in [5.41, 5.74) is 8.65.